The number of anilines is 1. The van der Waals surface area contributed by atoms with Crippen LogP contribution < -0.4 is 5.73 Å². The van der Waals surface area contributed by atoms with E-state index in [4.69, 9.17) is 17.3 Å². The molecule has 2 heterocycles. The number of aromatic nitrogens is 2. The third kappa shape index (κ3) is 2.53. The van der Waals surface area contributed by atoms with Crippen molar-refractivity contribution in [1.29, 1.82) is 0 Å². The van der Waals surface area contributed by atoms with Crippen LogP contribution in [0.5, 0.6) is 0 Å². The average molecular weight is 343 g/mol. The molecular formula is C13H12ClFN4O2S. The second kappa shape index (κ2) is 5.45. The highest BCUT2D eigenvalue weighted by Gasteiger charge is 2.31. The minimum Gasteiger partial charge on any atom is -0.383 e. The number of fused-ring (bicyclic) bond motifs is 1. The number of rotatable bonds is 2. The van der Waals surface area contributed by atoms with Crippen LogP contribution in [0.15, 0.2) is 29.4 Å². The Labute approximate surface area is 131 Å². The Morgan fingerprint density at radius 1 is 1.32 bits per heavy atom. The van der Waals surface area contributed by atoms with Crippen molar-refractivity contribution >= 4 is 27.4 Å². The molecule has 0 fully saturated rings. The van der Waals surface area contributed by atoms with Crippen LogP contribution in [0.1, 0.15) is 11.3 Å². The van der Waals surface area contributed by atoms with Crippen molar-refractivity contribution in [3.8, 4) is 0 Å². The number of hydrogen-bond donors (Lipinski definition) is 1. The minimum atomic E-state index is -3.97. The smallest absolute Gasteiger partial charge is 0.246 e. The molecule has 3 rings (SSSR count). The zero-order valence-electron chi connectivity index (χ0n) is 11.3. The van der Waals surface area contributed by atoms with Gasteiger partial charge in [-0.25, -0.2) is 22.8 Å². The summed E-state index contributed by atoms with van der Waals surface area (Å²) in [6.07, 6.45) is 1.67. The lowest BCUT2D eigenvalue weighted by atomic mass is 10.1. The zero-order valence-corrected chi connectivity index (χ0v) is 12.9. The molecule has 0 amide bonds. The lowest BCUT2D eigenvalue weighted by molar-refractivity contribution is 0.382. The number of hydrogen-bond acceptors (Lipinski definition) is 5. The monoisotopic (exact) mass is 342 g/mol. The summed E-state index contributed by atoms with van der Waals surface area (Å²) in [7, 11) is -3.97. The molecule has 1 aromatic heterocycles. The van der Waals surface area contributed by atoms with E-state index >= 15 is 0 Å². The molecule has 1 aromatic carbocycles. The first-order valence-electron chi connectivity index (χ1n) is 6.43. The molecule has 0 radical (unpaired) electrons. The lowest BCUT2D eigenvalue weighted by Crippen LogP contribution is -2.37. The summed E-state index contributed by atoms with van der Waals surface area (Å²) < 4.78 is 40.3. The highest BCUT2D eigenvalue weighted by atomic mass is 35.5. The maximum Gasteiger partial charge on any atom is 0.246 e. The average Bonchev–Trinajstić information content (AvgIpc) is 2.46. The standard InChI is InChI=1S/C13H12ClFN4O2S/c14-8-1-2-12(10(15)5-8)22(20,21)19-4-3-9-11(6-19)17-7-18-13(9)16/h1-2,5,7H,3-4,6H2,(H2,16,17,18). The summed E-state index contributed by atoms with van der Waals surface area (Å²) in [5.41, 5.74) is 7.03. The van der Waals surface area contributed by atoms with E-state index in [2.05, 4.69) is 9.97 Å². The molecular weight excluding hydrogens is 331 g/mol. The van der Waals surface area contributed by atoms with Crippen molar-refractivity contribution in [2.75, 3.05) is 12.3 Å². The van der Waals surface area contributed by atoms with Crippen molar-refractivity contribution in [2.45, 2.75) is 17.9 Å². The van der Waals surface area contributed by atoms with Gasteiger partial charge in [-0.05, 0) is 24.6 Å². The molecule has 22 heavy (non-hydrogen) atoms. The van der Waals surface area contributed by atoms with E-state index in [0.717, 1.165) is 17.7 Å². The second-order valence-electron chi connectivity index (χ2n) is 4.85. The maximum absolute atomic E-state index is 13.9. The number of sulfonamides is 1. The Hall–Kier alpha value is -1.77. The molecule has 0 bridgehead atoms. The summed E-state index contributed by atoms with van der Waals surface area (Å²) >= 11 is 5.66. The second-order valence-corrected chi connectivity index (χ2v) is 7.19. The fourth-order valence-corrected chi connectivity index (χ4v) is 3.99. The van der Waals surface area contributed by atoms with E-state index < -0.39 is 20.7 Å². The Morgan fingerprint density at radius 2 is 2.09 bits per heavy atom. The van der Waals surface area contributed by atoms with Crippen LogP contribution in [-0.2, 0) is 23.0 Å². The molecule has 0 saturated heterocycles. The van der Waals surface area contributed by atoms with Crippen molar-refractivity contribution in [3.63, 3.8) is 0 Å². The van der Waals surface area contributed by atoms with Crippen LogP contribution in [0, 0.1) is 5.82 Å². The van der Waals surface area contributed by atoms with Crippen LogP contribution in [0.4, 0.5) is 10.2 Å². The van der Waals surface area contributed by atoms with E-state index in [1.807, 2.05) is 0 Å². The molecule has 1 aliphatic heterocycles. The molecule has 0 unspecified atom stereocenters. The van der Waals surface area contributed by atoms with Crippen molar-refractivity contribution in [1.82, 2.24) is 14.3 Å². The molecule has 1 aliphatic rings. The first kappa shape index (κ1) is 15.1. The minimum absolute atomic E-state index is 0.0342. The van der Waals surface area contributed by atoms with Crippen LogP contribution in [0.3, 0.4) is 0 Å². The molecule has 0 aliphatic carbocycles. The molecule has 2 aromatic rings. The van der Waals surface area contributed by atoms with Crippen molar-refractivity contribution in [3.05, 3.63) is 46.6 Å². The first-order valence-corrected chi connectivity index (χ1v) is 8.25. The number of nitrogen functional groups attached to an aromatic ring is 1. The zero-order chi connectivity index (χ0) is 15.9. The molecule has 0 saturated carbocycles. The van der Waals surface area contributed by atoms with Gasteiger partial charge in [-0.1, -0.05) is 11.6 Å². The van der Waals surface area contributed by atoms with Gasteiger partial charge in [0.05, 0.1) is 12.2 Å². The fraction of sp³-hybridized carbons (Fsp3) is 0.231. The van der Waals surface area contributed by atoms with Crippen molar-refractivity contribution < 1.29 is 12.8 Å². The predicted octanol–water partition coefficient (Wildman–Crippen LogP) is 1.60. The molecule has 6 nitrogen and oxygen atoms in total. The summed E-state index contributed by atoms with van der Waals surface area (Å²) in [6.45, 7) is 0.224. The molecule has 0 atom stereocenters. The van der Waals surface area contributed by atoms with Crippen LogP contribution in [0.2, 0.25) is 5.02 Å². The van der Waals surface area contributed by atoms with Gasteiger partial charge in [0, 0.05) is 17.1 Å². The van der Waals surface area contributed by atoms with Gasteiger partial charge in [0.1, 0.15) is 22.9 Å². The third-order valence-corrected chi connectivity index (χ3v) is 5.63. The highest BCUT2D eigenvalue weighted by molar-refractivity contribution is 7.89. The van der Waals surface area contributed by atoms with Gasteiger partial charge in [0.2, 0.25) is 10.0 Å². The topological polar surface area (TPSA) is 89.2 Å². The maximum atomic E-state index is 13.9. The largest absolute Gasteiger partial charge is 0.383 e. The normalized spacial score (nSPS) is 15.5. The predicted molar refractivity (Wildman–Crippen MR) is 79.2 cm³/mol. The van der Waals surface area contributed by atoms with E-state index in [-0.39, 0.29) is 18.1 Å². The number of halogens is 2. The van der Waals surface area contributed by atoms with E-state index in [1.165, 1.54) is 16.7 Å². The molecule has 2 N–H and O–H groups in total. The first-order chi connectivity index (χ1) is 10.4. The van der Waals surface area contributed by atoms with Gasteiger partial charge in [-0.3, -0.25) is 0 Å². The fourth-order valence-electron chi connectivity index (χ4n) is 2.38. The van der Waals surface area contributed by atoms with Crippen LogP contribution in [-0.4, -0.2) is 29.2 Å². The summed E-state index contributed by atoms with van der Waals surface area (Å²) in [5, 5.41) is 0.140. The Bertz CT molecular complexity index is 844. The highest BCUT2D eigenvalue weighted by Crippen LogP contribution is 2.27. The van der Waals surface area contributed by atoms with Gasteiger partial charge in [0.15, 0.2) is 0 Å². The van der Waals surface area contributed by atoms with E-state index in [0.29, 0.717) is 17.9 Å². The Kier molecular flexibility index (Phi) is 3.75. The Morgan fingerprint density at radius 3 is 2.82 bits per heavy atom. The van der Waals surface area contributed by atoms with Gasteiger partial charge >= 0.3 is 0 Å². The van der Waals surface area contributed by atoms with Crippen LogP contribution in [0.25, 0.3) is 0 Å². The van der Waals surface area contributed by atoms with Gasteiger partial charge < -0.3 is 5.73 Å². The molecule has 0 spiro atoms. The number of nitrogens with zero attached hydrogens (tertiary/aromatic N) is 3. The lowest BCUT2D eigenvalue weighted by Gasteiger charge is -2.27. The van der Waals surface area contributed by atoms with Gasteiger partial charge in [0.25, 0.3) is 0 Å². The number of nitrogens with two attached hydrogens (primary N) is 1. The SMILES string of the molecule is Nc1ncnc2c1CCN(S(=O)(=O)c1ccc(Cl)cc1F)C2. The summed E-state index contributed by atoms with van der Waals surface area (Å²) in [5.74, 6) is -0.528. The summed E-state index contributed by atoms with van der Waals surface area (Å²) in [4.78, 5) is 7.55. The molecule has 116 valence electrons. The van der Waals surface area contributed by atoms with E-state index in [1.54, 1.807) is 0 Å². The van der Waals surface area contributed by atoms with Gasteiger partial charge in [-0.15, -0.1) is 0 Å². The van der Waals surface area contributed by atoms with Gasteiger partial charge in [-0.2, -0.15) is 4.31 Å². The number of benzene rings is 1. The Balaban J connectivity index is 1.98. The molecule has 9 heteroatoms. The summed E-state index contributed by atoms with van der Waals surface area (Å²) in [6, 6.07) is 3.49. The van der Waals surface area contributed by atoms with Crippen LogP contribution >= 0.6 is 11.6 Å². The van der Waals surface area contributed by atoms with E-state index in [9.17, 15) is 12.8 Å². The quantitative estimate of drug-likeness (QED) is 0.895. The third-order valence-electron chi connectivity index (χ3n) is 3.52. The van der Waals surface area contributed by atoms with Crippen molar-refractivity contribution in [2.24, 2.45) is 0 Å².